The number of hydrogen-bond donors (Lipinski definition) is 0. The molecule has 2 nitrogen and oxygen atoms in total. The van der Waals surface area contributed by atoms with Crippen molar-refractivity contribution in [2.24, 2.45) is 0 Å². The minimum Gasteiger partial charge on any atom is -0.596 e. The fourth-order valence-electron chi connectivity index (χ4n) is 2.52. The van der Waals surface area contributed by atoms with Crippen molar-refractivity contribution in [3.63, 3.8) is 0 Å². The fraction of sp³-hybridized carbons (Fsp3) is 0.250. The molecule has 1 atom stereocenters. The van der Waals surface area contributed by atoms with Crippen molar-refractivity contribution >= 4 is 0 Å². The first kappa shape index (κ1) is 17.4. The molecule has 0 amide bonds. The van der Waals surface area contributed by atoms with E-state index in [0.29, 0.717) is 0 Å². The summed E-state index contributed by atoms with van der Waals surface area (Å²) in [7, 11) is 1.77. The van der Waals surface area contributed by atoms with Crippen LogP contribution >= 0.6 is 0 Å². The molecular formula is C16H18FN2Y-. The molecule has 2 rings (SSSR count). The van der Waals surface area contributed by atoms with Crippen LogP contribution in [0, 0.1) is 5.82 Å². The van der Waals surface area contributed by atoms with Gasteiger partial charge in [0.25, 0.3) is 0 Å². The molecule has 0 saturated heterocycles. The van der Waals surface area contributed by atoms with Gasteiger partial charge in [0.2, 0.25) is 0 Å². The van der Waals surface area contributed by atoms with Crippen molar-refractivity contribution in [3.8, 4) is 0 Å². The summed E-state index contributed by atoms with van der Waals surface area (Å²) in [4.78, 5) is 0. The minimum atomic E-state index is -0.229. The Bertz CT molecular complexity index is 508. The van der Waals surface area contributed by atoms with Gasteiger partial charge in [-0.15, -0.1) is 0 Å². The van der Waals surface area contributed by atoms with Gasteiger partial charge in [-0.25, -0.2) is 4.39 Å². The molecule has 0 N–H and O–H groups in total. The van der Waals surface area contributed by atoms with Crippen LogP contribution in [0.4, 0.5) is 4.39 Å². The molecule has 1 aromatic rings. The zero-order chi connectivity index (χ0) is 13.8. The van der Waals surface area contributed by atoms with Crippen molar-refractivity contribution < 1.29 is 37.1 Å². The summed E-state index contributed by atoms with van der Waals surface area (Å²) in [5, 5.41) is 2.01. The summed E-state index contributed by atoms with van der Waals surface area (Å²) in [5.74, 6) is -0.229. The summed E-state index contributed by atoms with van der Waals surface area (Å²) in [6.45, 7) is 8.59. The molecule has 1 aliphatic rings. The SMILES string of the molecule is C=CC1=C(C=C)[C@H](c2ccc(F)cc2)N([N-]C)CC1.[Y]. The largest absolute Gasteiger partial charge is 0.596 e. The van der Waals surface area contributed by atoms with Gasteiger partial charge in [-0.3, -0.25) is 0 Å². The third kappa shape index (κ3) is 3.53. The molecule has 0 unspecified atom stereocenters. The Morgan fingerprint density at radius 3 is 2.40 bits per heavy atom. The molecule has 0 fully saturated rings. The van der Waals surface area contributed by atoms with E-state index in [-0.39, 0.29) is 44.6 Å². The van der Waals surface area contributed by atoms with Crippen molar-refractivity contribution in [1.82, 2.24) is 5.01 Å². The van der Waals surface area contributed by atoms with Crippen LogP contribution in [0.1, 0.15) is 18.0 Å². The molecule has 4 heteroatoms. The molecule has 0 aliphatic carbocycles. The van der Waals surface area contributed by atoms with Gasteiger partial charge in [0.1, 0.15) is 5.82 Å². The topological polar surface area (TPSA) is 17.3 Å². The molecule has 0 aromatic heterocycles. The second-order valence-electron chi connectivity index (χ2n) is 4.46. The summed E-state index contributed by atoms with van der Waals surface area (Å²) in [5.41, 5.74) is 7.61. The van der Waals surface area contributed by atoms with Gasteiger partial charge in [0, 0.05) is 38.8 Å². The number of hydrogen-bond acceptors (Lipinski definition) is 1. The Labute approximate surface area is 145 Å². The maximum atomic E-state index is 13.1. The van der Waals surface area contributed by atoms with Gasteiger partial charge in [0.05, 0.1) is 0 Å². The molecule has 0 saturated carbocycles. The summed E-state index contributed by atoms with van der Waals surface area (Å²) >= 11 is 0. The molecule has 1 heterocycles. The van der Waals surface area contributed by atoms with Crippen molar-refractivity contribution in [1.29, 1.82) is 0 Å². The van der Waals surface area contributed by atoms with Gasteiger partial charge in [-0.2, -0.15) is 7.05 Å². The van der Waals surface area contributed by atoms with E-state index in [1.807, 2.05) is 17.2 Å². The van der Waals surface area contributed by atoms with E-state index in [1.54, 1.807) is 19.2 Å². The van der Waals surface area contributed by atoms with Crippen LogP contribution in [-0.2, 0) is 32.7 Å². The van der Waals surface area contributed by atoms with Gasteiger partial charge in [-0.1, -0.05) is 37.4 Å². The van der Waals surface area contributed by atoms with Crippen LogP contribution in [0.3, 0.4) is 0 Å². The van der Waals surface area contributed by atoms with Crippen LogP contribution in [0.25, 0.3) is 5.43 Å². The number of halogens is 1. The Morgan fingerprint density at radius 2 is 1.90 bits per heavy atom. The number of allylic oxidation sites excluding steroid dienone is 1. The summed E-state index contributed by atoms with van der Waals surface area (Å²) in [6.07, 6.45) is 4.63. The Kier molecular flexibility index (Phi) is 6.97. The van der Waals surface area contributed by atoms with Crippen LogP contribution < -0.4 is 0 Å². The predicted molar refractivity (Wildman–Crippen MR) is 77.2 cm³/mol. The first-order valence-corrected chi connectivity index (χ1v) is 6.31. The van der Waals surface area contributed by atoms with E-state index < -0.39 is 0 Å². The van der Waals surface area contributed by atoms with Crippen molar-refractivity contribution in [3.05, 3.63) is 77.5 Å². The number of nitrogens with zero attached hydrogens (tertiary/aromatic N) is 2. The maximum absolute atomic E-state index is 13.1. The normalized spacial score (nSPS) is 19.4. The third-order valence-corrected chi connectivity index (χ3v) is 3.48. The van der Waals surface area contributed by atoms with E-state index >= 15 is 0 Å². The molecule has 1 aliphatic heterocycles. The number of rotatable bonds is 4. The second-order valence-corrected chi connectivity index (χ2v) is 4.46. The van der Waals surface area contributed by atoms with E-state index in [2.05, 4.69) is 18.6 Å². The van der Waals surface area contributed by atoms with Gasteiger partial charge in [-0.05, 0) is 41.8 Å². The smallest absolute Gasteiger partial charge is 0.123 e. The predicted octanol–water partition coefficient (Wildman–Crippen LogP) is 4.16. The van der Waals surface area contributed by atoms with Crippen LogP contribution in [-0.4, -0.2) is 18.6 Å². The Balaban J connectivity index is 0.00000200. The van der Waals surface area contributed by atoms with E-state index in [1.165, 1.54) is 17.7 Å². The molecule has 1 aromatic carbocycles. The maximum Gasteiger partial charge on any atom is 0.123 e. The zero-order valence-electron chi connectivity index (χ0n) is 11.7. The quantitative estimate of drug-likeness (QED) is 0.800. The molecule has 1 radical (unpaired) electrons. The van der Waals surface area contributed by atoms with E-state index in [4.69, 9.17) is 0 Å². The van der Waals surface area contributed by atoms with Crippen molar-refractivity contribution in [2.75, 3.05) is 13.6 Å². The monoisotopic (exact) mass is 346 g/mol. The van der Waals surface area contributed by atoms with E-state index in [0.717, 1.165) is 24.1 Å². The third-order valence-electron chi connectivity index (χ3n) is 3.48. The van der Waals surface area contributed by atoms with Crippen LogP contribution in [0.5, 0.6) is 0 Å². The van der Waals surface area contributed by atoms with Gasteiger partial charge < -0.3 is 10.4 Å². The molecule has 0 spiro atoms. The van der Waals surface area contributed by atoms with Crippen molar-refractivity contribution in [2.45, 2.75) is 12.5 Å². The van der Waals surface area contributed by atoms with Gasteiger partial charge >= 0.3 is 0 Å². The standard InChI is InChI=1S/C16H18FN2.Y/c1-4-12-10-11-19(18-3)16(15(12)5-2)13-6-8-14(17)9-7-13;/h4-9,16H,1-2,10-11H2,3H3;/q-1;/t16-;/m0./s1. The Morgan fingerprint density at radius 1 is 1.25 bits per heavy atom. The van der Waals surface area contributed by atoms with E-state index in [9.17, 15) is 4.39 Å². The number of benzene rings is 1. The summed E-state index contributed by atoms with van der Waals surface area (Å²) < 4.78 is 13.1. The van der Waals surface area contributed by atoms with Crippen LogP contribution in [0.15, 0.2) is 60.7 Å². The minimum absolute atomic E-state index is 0. The fourth-order valence-corrected chi connectivity index (χ4v) is 2.52. The first-order chi connectivity index (χ1) is 9.21. The summed E-state index contributed by atoms with van der Waals surface area (Å²) in [6, 6.07) is 6.55. The van der Waals surface area contributed by atoms with Gasteiger partial charge in [0.15, 0.2) is 0 Å². The molecule has 0 bridgehead atoms. The molecule has 103 valence electrons. The zero-order valence-corrected chi connectivity index (χ0v) is 14.6. The Hall–Kier alpha value is -0.606. The first-order valence-electron chi connectivity index (χ1n) is 6.31. The molecular weight excluding hydrogens is 328 g/mol. The van der Waals surface area contributed by atoms with Crippen LogP contribution in [0.2, 0.25) is 0 Å². The average molecular weight is 346 g/mol. The average Bonchev–Trinajstić information content (AvgIpc) is 2.46. The second kappa shape index (κ2) is 7.99. The molecule has 20 heavy (non-hydrogen) atoms.